The summed E-state index contributed by atoms with van der Waals surface area (Å²) in [6.07, 6.45) is 0. The Hall–Kier alpha value is -2.03. The highest BCUT2D eigenvalue weighted by atomic mass is 19.1. The van der Waals surface area contributed by atoms with Crippen molar-refractivity contribution in [2.24, 2.45) is 0 Å². The molecule has 2 nitrogen and oxygen atoms in total. The van der Waals surface area contributed by atoms with Gasteiger partial charge < -0.3 is 11.1 Å². The summed E-state index contributed by atoms with van der Waals surface area (Å²) >= 11 is 0. The molecule has 0 spiro atoms. The van der Waals surface area contributed by atoms with Crippen LogP contribution >= 0.6 is 0 Å². The Morgan fingerprint density at radius 1 is 1.06 bits per heavy atom. The van der Waals surface area contributed by atoms with Gasteiger partial charge in [0.15, 0.2) is 0 Å². The quantitative estimate of drug-likeness (QED) is 0.754. The number of halogens is 1. The van der Waals surface area contributed by atoms with E-state index >= 15 is 0 Å². The van der Waals surface area contributed by atoms with Gasteiger partial charge >= 0.3 is 0 Å². The van der Waals surface area contributed by atoms with Gasteiger partial charge in [-0.3, -0.25) is 0 Å². The van der Waals surface area contributed by atoms with Crippen molar-refractivity contribution in [3.05, 3.63) is 53.8 Å². The maximum atomic E-state index is 13.0. The van der Waals surface area contributed by atoms with Crippen molar-refractivity contribution in [1.82, 2.24) is 0 Å². The number of benzene rings is 2. The third kappa shape index (κ3) is 2.31. The zero-order valence-electron chi connectivity index (χ0n) is 9.00. The van der Waals surface area contributed by atoms with Gasteiger partial charge in [0, 0.05) is 5.69 Å². The fraction of sp³-hybridized carbons (Fsp3) is 0.0769. The van der Waals surface area contributed by atoms with Crippen LogP contribution in [0.2, 0.25) is 0 Å². The molecule has 2 aromatic rings. The van der Waals surface area contributed by atoms with E-state index in [1.165, 1.54) is 17.7 Å². The van der Waals surface area contributed by atoms with E-state index in [1.54, 1.807) is 6.07 Å². The molecular formula is C13H13FN2. The van der Waals surface area contributed by atoms with Crippen molar-refractivity contribution < 1.29 is 4.39 Å². The van der Waals surface area contributed by atoms with Crippen molar-refractivity contribution >= 4 is 17.1 Å². The third-order valence-electron chi connectivity index (χ3n) is 2.35. The summed E-state index contributed by atoms with van der Waals surface area (Å²) in [6, 6.07) is 12.1. The lowest BCUT2D eigenvalue weighted by molar-refractivity contribution is 0.628. The Kier molecular flexibility index (Phi) is 2.77. The van der Waals surface area contributed by atoms with Gasteiger partial charge in [-0.1, -0.05) is 17.7 Å². The zero-order valence-corrected chi connectivity index (χ0v) is 9.00. The van der Waals surface area contributed by atoms with Gasteiger partial charge in [-0.25, -0.2) is 4.39 Å². The fourth-order valence-corrected chi connectivity index (χ4v) is 1.43. The van der Waals surface area contributed by atoms with E-state index < -0.39 is 0 Å². The van der Waals surface area contributed by atoms with E-state index in [4.69, 9.17) is 5.73 Å². The molecule has 0 atom stereocenters. The first kappa shape index (κ1) is 10.5. The molecule has 0 unspecified atom stereocenters. The Labute approximate surface area is 93.9 Å². The molecule has 3 heteroatoms. The average molecular weight is 216 g/mol. The summed E-state index contributed by atoms with van der Waals surface area (Å²) in [5, 5.41) is 3.08. The summed E-state index contributed by atoms with van der Waals surface area (Å²) < 4.78 is 13.0. The summed E-state index contributed by atoms with van der Waals surface area (Å²) in [5.41, 5.74) is 8.92. The van der Waals surface area contributed by atoms with Gasteiger partial charge in [-0.15, -0.1) is 0 Å². The van der Waals surface area contributed by atoms with E-state index in [9.17, 15) is 4.39 Å². The lowest BCUT2D eigenvalue weighted by atomic mass is 10.2. The normalized spacial score (nSPS) is 10.1. The van der Waals surface area contributed by atoms with Crippen LogP contribution in [0.4, 0.5) is 21.5 Å². The second kappa shape index (κ2) is 4.23. The molecule has 0 aromatic heterocycles. The molecule has 2 rings (SSSR count). The predicted molar refractivity (Wildman–Crippen MR) is 65.3 cm³/mol. The molecular weight excluding hydrogens is 203 g/mol. The number of rotatable bonds is 2. The van der Waals surface area contributed by atoms with Crippen LogP contribution in [-0.4, -0.2) is 0 Å². The first-order chi connectivity index (χ1) is 7.65. The lowest BCUT2D eigenvalue weighted by Crippen LogP contribution is -1.96. The van der Waals surface area contributed by atoms with Gasteiger partial charge in [-0.05, 0) is 37.3 Å². The monoisotopic (exact) mass is 216 g/mol. The first-order valence-electron chi connectivity index (χ1n) is 5.04. The lowest BCUT2D eigenvalue weighted by Gasteiger charge is -2.09. The average Bonchev–Trinajstić information content (AvgIpc) is 2.27. The van der Waals surface area contributed by atoms with Gasteiger partial charge in [0.05, 0.1) is 11.4 Å². The van der Waals surface area contributed by atoms with Gasteiger partial charge in [0.25, 0.3) is 0 Å². The van der Waals surface area contributed by atoms with E-state index in [0.717, 1.165) is 5.69 Å². The zero-order chi connectivity index (χ0) is 11.5. The highest BCUT2D eigenvalue weighted by molar-refractivity contribution is 5.72. The molecule has 16 heavy (non-hydrogen) atoms. The number of anilines is 3. The Balaban J connectivity index is 2.26. The number of nitrogens with two attached hydrogens (primary N) is 1. The summed E-state index contributed by atoms with van der Waals surface area (Å²) in [6.45, 7) is 2.01. The van der Waals surface area contributed by atoms with E-state index in [0.29, 0.717) is 11.4 Å². The summed E-state index contributed by atoms with van der Waals surface area (Å²) in [5.74, 6) is -0.302. The van der Waals surface area contributed by atoms with E-state index in [-0.39, 0.29) is 5.82 Å². The molecule has 2 aromatic carbocycles. The third-order valence-corrected chi connectivity index (χ3v) is 2.35. The van der Waals surface area contributed by atoms with Crippen molar-refractivity contribution in [2.75, 3.05) is 11.1 Å². The SMILES string of the molecule is Cc1ccc(Nc2cc(F)ccc2N)cc1. The Morgan fingerprint density at radius 3 is 2.44 bits per heavy atom. The van der Waals surface area contributed by atoms with Crippen molar-refractivity contribution in [2.45, 2.75) is 6.92 Å². The Morgan fingerprint density at radius 2 is 1.75 bits per heavy atom. The molecule has 0 fully saturated rings. The van der Waals surface area contributed by atoms with Gasteiger partial charge in [0.2, 0.25) is 0 Å². The van der Waals surface area contributed by atoms with Crippen molar-refractivity contribution in [1.29, 1.82) is 0 Å². The summed E-state index contributed by atoms with van der Waals surface area (Å²) in [7, 11) is 0. The van der Waals surface area contributed by atoms with Crippen LogP contribution < -0.4 is 11.1 Å². The summed E-state index contributed by atoms with van der Waals surface area (Å²) in [4.78, 5) is 0. The Bertz CT molecular complexity index is 492. The van der Waals surface area contributed by atoms with E-state index in [2.05, 4.69) is 5.32 Å². The largest absolute Gasteiger partial charge is 0.397 e. The maximum absolute atomic E-state index is 13.0. The van der Waals surface area contributed by atoms with Crippen LogP contribution in [0.15, 0.2) is 42.5 Å². The number of nitrogen functional groups attached to an aromatic ring is 1. The number of aryl methyl sites for hydroxylation is 1. The maximum Gasteiger partial charge on any atom is 0.125 e. The molecule has 0 aliphatic carbocycles. The molecule has 0 saturated carbocycles. The smallest absolute Gasteiger partial charge is 0.125 e. The molecule has 3 N–H and O–H groups in total. The topological polar surface area (TPSA) is 38.0 Å². The van der Waals surface area contributed by atoms with Crippen LogP contribution in [0.5, 0.6) is 0 Å². The minimum atomic E-state index is -0.302. The van der Waals surface area contributed by atoms with Crippen LogP contribution in [0.1, 0.15) is 5.56 Å². The molecule has 0 saturated heterocycles. The second-order valence-corrected chi connectivity index (χ2v) is 3.72. The van der Waals surface area contributed by atoms with Crippen LogP contribution in [0.3, 0.4) is 0 Å². The molecule has 0 aliphatic rings. The van der Waals surface area contributed by atoms with Crippen LogP contribution in [0.25, 0.3) is 0 Å². The fourth-order valence-electron chi connectivity index (χ4n) is 1.43. The highest BCUT2D eigenvalue weighted by Crippen LogP contribution is 2.23. The van der Waals surface area contributed by atoms with Gasteiger partial charge in [0.1, 0.15) is 5.82 Å². The minimum absolute atomic E-state index is 0.302. The molecule has 0 bridgehead atoms. The molecule has 0 heterocycles. The highest BCUT2D eigenvalue weighted by Gasteiger charge is 2.01. The predicted octanol–water partition coefficient (Wildman–Crippen LogP) is 3.46. The van der Waals surface area contributed by atoms with Crippen molar-refractivity contribution in [3.8, 4) is 0 Å². The van der Waals surface area contributed by atoms with Crippen LogP contribution in [0, 0.1) is 12.7 Å². The van der Waals surface area contributed by atoms with E-state index in [1.807, 2.05) is 31.2 Å². The molecule has 0 radical (unpaired) electrons. The van der Waals surface area contributed by atoms with Gasteiger partial charge in [-0.2, -0.15) is 0 Å². The molecule has 82 valence electrons. The first-order valence-corrected chi connectivity index (χ1v) is 5.04. The molecule has 0 aliphatic heterocycles. The number of hydrogen-bond donors (Lipinski definition) is 2. The van der Waals surface area contributed by atoms with Crippen LogP contribution in [-0.2, 0) is 0 Å². The second-order valence-electron chi connectivity index (χ2n) is 3.72. The van der Waals surface area contributed by atoms with Crippen molar-refractivity contribution in [3.63, 3.8) is 0 Å². The molecule has 0 amide bonds. The minimum Gasteiger partial charge on any atom is -0.397 e. The standard InChI is InChI=1S/C13H13FN2/c1-9-2-5-11(6-3-9)16-13-8-10(14)4-7-12(13)15/h2-8,16H,15H2,1H3. The number of hydrogen-bond acceptors (Lipinski definition) is 2. The number of nitrogens with one attached hydrogen (secondary N) is 1.